The fourth-order valence-corrected chi connectivity index (χ4v) is 7.68. The normalized spacial score (nSPS) is 42.9. The third kappa shape index (κ3) is 12.3. The maximum Gasteiger partial charge on any atom is 0.308 e. The van der Waals surface area contributed by atoms with Gasteiger partial charge in [-0.3, -0.25) is 9.59 Å². The Kier molecular flexibility index (Phi) is 18.2. The highest BCUT2D eigenvalue weighted by molar-refractivity contribution is 5.70. The fraction of sp³-hybridized carbons (Fsp3) is 0.821. The quantitative estimate of drug-likeness (QED) is 0.205. The molecule has 0 aromatic rings. The topological polar surface area (TPSA) is 189 Å². The van der Waals surface area contributed by atoms with E-state index in [1.165, 1.54) is 14.2 Å². The summed E-state index contributed by atoms with van der Waals surface area (Å²) in [4.78, 5) is 39.2. The number of nitrogens with zero attached hydrogens (tertiary/aromatic N) is 1. The van der Waals surface area contributed by atoms with Crippen molar-refractivity contribution < 1.29 is 67.6 Å². The number of allylic oxidation sites excluding steroid dienone is 2. The minimum absolute atomic E-state index is 0.00995. The summed E-state index contributed by atoms with van der Waals surface area (Å²) < 4.78 is 48.5. The monoisotopic (exact) mass is 771 g/mol. The van der Waals surface area contributed by atoms with Gasteiger partial charge in [-0.25, -0.2) is 0 Å². The van der Waals surface area contributed by atoms with Gasteiger partial charge in [-0.15, -0.1) is 0 Å². The van der Waals surface area contributed by atoms with Crippen molar-refractivity contribution in [3.05, 3.63) is 24.3 Å². The van der Waals surface area contributed by atoms with Gasteiger partial charge in [-0.05, 0) is 60.0 Å². The lowest BCUT2D eigenvalue weighted by atomic mass is 9.82. The molecule has 0 bridgehead atoms. The first-order valence-electron chi connectivity index (χ1n) is 19.1. The molecule has 0 aliphatic carbocycles. The summed E-state index contributed by atoms with van der Waals surface area (Å²) >= 11 is 0. The molecule has 3 rings (SSSR count). The lowest BCUT2D eigenvalue weighted by molar-refractivity contribution is -0.344. The predicted octanol–water partition coefficient (Wildman–Crippen LogP) is 2.46. The zero-order chi connectivity index (χ0) is 40.3. The number of aliphatic hydroxyl groups is 3. The first-order valence-corrected chi connectivity index (χ1v) is 19.1. The molecule has 2 saturated heterocycles. The van der Waals surface area contributed by atoms with Crippen molar-refractivity contribution in [2.45, 2.75) is 165 Å². The number of likely N-dealkylation sites (N-methyl/N-ethyl adjacent to an activating group) is 1. The highest BCUT2D eigenvalue weighted by Gasteiger charge is 2.52. The van der Waals surface area contributed by atoms with Crippen LogP contribution >= 0.6 is 0 Å². The van der Waals surface area contributed by atoms with E-state index in [-0.39, 0.29) is 31.6 Å². The smallest absolute Gasteiger partial charge is 0.308 e. The van der Waals surface area contributed by atoms with Crippen molar-refractivity contribution in [3.8, 4) is 0 Å². The second-order valence-corrected chi connectivity index (χ2v) is 15.3. The van der Waals surface area contributed by atoms with Crippen LogP contribution in [-0.4, -0.2) is 152 Å². The highest BCUT2D eigenvalue weighted by atomic mass is 16.7. The van der Waals surface area contributed by atoms with E-state index >= 15 is 0 Å². The number of aliphatic hydroxyl groups excluding tert-OH is 2. The number of hydrogen-bond donors (Lipinski definition) is 3. The van der Waals surface area contributed by atoms with Gasteiger partial charge in [0.25, 0.3) is 0 Å². The molecule has 3 heterocycles. The molecule has 15 nitrogen and oxygen atoms in total. The number of rotatable bonds is 11. The van der Waals surface area contributed by atoms with Crippen LogP contribution in [0.5, 0.6) is 0 Å². The Bertz CT molecular complexity index is 1240. The van der Waals surface area contributed by atoms with E-state index in [1.54, 1.807) is 71.8 Å². The zero-order valence-electron chi connectivity index (χ0n) is 33.6. The minimum Gasteiger partial charge on any atom is -0.462 e. The van der Waals surface area contributed by atoms with Gasteiger partial charge >= 0.3 is 11.9 Å². The zero-order valence-corrected chi connectivity index (χ0v) is 33.6. The fourth-order valence-electron chi connectivity index (χ4n) is 7.68. The number of aldehydes is 1. The summed E-state index contributed by atoms with van der Waals surface area (Å²) in [6, 6.07) is -0.719. The molecular weight excluding hydrogens is 706 g/mol. The lowest BCUT2D eigenvalue weighted by Gasteiger charge is -2.50. The van der Waals surface area contributed by atoms with E-state index < -0.39 is 103 Å². The van der Waals surface area contributed by atoms with Crippen molar-refractivity contribution >= 4 is 18.2 Å². The third-order valence-corrected chi connectivity index (χ3v) is 10.6. The van der Waals surface area contributed by atoms with E-state index in [4.69, 9.17) is 37.9 Å². The Labute approximate surface area is 320 Å². The molecule has 3 aliphatic heterocycles. The Morgan fingerprint density at radius 1 is 1.02 bits per heavy atom. The summed E-state index contributed by atoms with van der Waals surface area (Å²) in [7, 11) is 6.44. The van der Waals surface area contributed by atoms with Crippen molar-refractivity contribution in [3.63, 3.8) is 0 Å². The Hall–Kier alpha value is -2.31. The highest BCUT2D eigenvalue weighted by Crippen LogP contribution is 2.37. The van der Waals surface area contributed by atoms with Crippen LogP contribution in [0.4, 0.5) is 0 Å². The van der Waals surface area contributed by atoms with E-state index in [9.17, 15) is 29.7 Å². The number of cyclic esters (lactones) is 1. The number of esters is 2. The van der Waals surface area contributed by atoms with Crippen LogP contribution in [0, 0.1) is 11.8 Å². The molecule has 15 heteroatoms. The molecule has 310 valence electrons. The Morgan fingerprint density at radius 2 is 1.72 bits per heavy atom. The summed E-state index contributed by atoms with van der Waals surface area (Å²) in [5.74, 6) is -1.87. The molecule has 0 radical (unpaired) electrons. The van der Waals surface area contributed by atoms with E-state index in [0.29, 0.717) is 12.8 Å². The number of hydrogen-bond acceptors (Lipinski definition) is 15. The van der Waals surface area contributed by atoms with Crippen molar-refractivity contribution in [2.24, 2.45) is 11.8 Å². The van der Waals surface area contributed by atoms with Crippen LogP contribution in [0.2, 0.25) is 0 Å². The minimum atomic E-state index is -1.46. The molecular formula is C39H65NO14. The molecule has 0 amide bonds. The second kappa shape index (κ2) is 21.3. The van der Waals surface area contributed by atoms with Crippen LogP contribution in [0.3, 0.4) is 0 Å². The molecule has 0 aromatic heterocycles. The maximum atomic E-state index is 13.1. The Morgan fingerprint density at radius 3 is 2.31 bits per heavy atom. The second-order valence-electron chi connectivity index (χ2n) is 15.3. The number of carbonyl (C=O) groups is 3. The van der Waals surface area contributed by atoms with Crippen molar-refractivity contribution in [2.75, 3.05) is 28.3 Å². The van der Waals surface area contributed by atoms with Gasteiger partial charge in [0.15, 0.2) is 18.7 Å². The van der Waals surface area contributed by atoms with Crippen molar-refractivity contribution in [1.29, 1.82) is 0 Å². The average Bonchev–Trinajstić information content (AvgIpc) is 3.09. The van der Waals surface area contributed by atoms with Gasteiger partial charge in [0, 0.05) is 39.9 Å². The van der Waals surface area contributed by atoms with Gasteiger partial charge in [-0.1, -0.05) is 38.2 Å². The van der Waals surface area contributed by atoms with Crippen LogP contribution in [0.1, 0.15) is 80.1 Å². The SMILES string of the molecule is CCC(=O)O[C@H]1[C@H](C)O[C@@H](O[C@H]2[C@H](N(C)C)[C@@H](O)[C@H](O[C@H]3C(CC=O)C[C@@H](C)[C@@H](O)/C=C/C=C/C[C@@H](C)OC(=O)CC(OC)[C@@H]3OC)O[C@@H]2C)C[C@@]1(C)O. The summed E-state index contributed by atoms with van der Waals surface area (Å²) in [5, 5.41) is 34.3. The van der Waals surface area contributed by atoms with Gasteiger partial charge < -0.3 is 62.9 Å². The first kappa shape index (κ1) is 46.1. The molecule has 2 fully saturated rings. The third-order valence-electron chi connectivity index (χ3n) is 10.6. The molecule has 54 heavy (non-hydrogen) atoms. The van der Waals surface area contributed by atoms with E-state index in [2.05, 4.69) is 0 Å². The van der Waals surface area contributed by atoms with Gasteiger partial charge in [0.2, 0.25) is 0 Å². The predicted molar refractivity (Wildman–Crippen MR) is 196 cm³/mol. The van der Waals surface area contributed by atoms with Gasteiger partial charge in [0.1, 0.15) is 36.3 Å². The molecule has 2 unspecified atom stereocenters. The molecule has 3 aliphatic rings. The Balaban J connectivity index is 1.95. The maximum absolute atomic E-state index is 13.1. The molecule has 0 spiro atoms. The van der Waals surface area contributed by atoms with E-state index in [0.717, 1.165) is 6.29 Å². The van der Waals surface area contributed by atoms with Gasteiger partial charge in [-0.2, -0.15) is 0 Å². The summed E-state index contributed by atoms with van der Waals surface area (Å²) in [6.07, 6.45) is -2.14. The summed E-state index contributed by atoms with van der Waals surface area (Å²) in [6.45, 7) is 10.3. The van der Waals surface area contributed by atoms with Gasteiger partial charge in [0.05, 0.1) is 43.0 Å². The number of methoxy groups -OCH3 is 2. The molecule has 3 N–H and O–H groups in total. The molecule has 16 atom stereocenters. The first-order chi connectivity index (χ1) is 25.5. The molecule has 0 aromatic carbocycles. The molecule has 0 saturated carbocycles. The van der Waals surface area contributed by atoms with Crippen molar-refractivity contribution in [1.82, 2.24) is 4.90 Å². The number of ether oxygens (including phenoxy) is 8. The van der Waals surface area contributed by atoms with Crippen LogP contribution in [0.15, 0.2) is 24.3 Å². The van der Waals surface area contributed by atoms with E-state index in [1.807, 2.05) is 13.0 Å². The largest absolute Gasteiger partial charge is 0.462 e. The standard InChI is InChI=1S/C39H65NO14/c1-11-29(43)52-37-25(5)50-31(21-39(37,6)46)53-34-24(4)51-38(33(45)32(34)40(7)8)54-35-26(17-18-41)19-22(2)27(42)16-14-12-13-15-23(3)49-30(44)20-28(47-9)36(35)48-10/h12-14,16,18,22-28,31-38,42,45-46H,11,15,17,19-21H2,1-10H3/b13-12+,16-14+/t22-,23-,24-,25+,26?,27+,28?,31+,32-,33-,34-,35+,36+,37+,38+,39-/m1/s1. The lowest BCUT2D eigenvalue weighted by Crippen LogP contribution is -2.66. The average molecular weight is 772 g/mol. The summed E-state index contributed by atoms with van der Waals surface area (Å²) in [5.41, 5.74) is -1.46. The van der Waals surface area contributed by atoms with Crippen LogP contribution < -0.4 is 0 Å². The van der Waals surface area contributed by atoms with Crippen LogP contribution in [-0.2, 0) is 52.3 Å². The number of carbonyl (C=O) groups excluding carboxylic acids is 3. The van der Waals surface area contributed by atoms with Crippen LogP contribution in [0.25, 0.3) is 0 Å².